The fourth-order valence-electron chi connectivity index (χ4n) is 2.05. The van der Waals surface area contributed by atoms with Crippen molar-refractivity contribution >= 4 is 23.3 Å². The molecule has 0 fully saturated rings. The molecule has 0 aliphatic rings. The number of rotatable bonds is 6. The highest BCUT2D eigenvalue weighted by molar-refractivity contribution is 7.07. The Hall–Kier alpha value is -2.53. The largest absolute Gasteiger partial charge is 0.472 e. The van der Waals surface area contributed by atoms with Gasteiger partial charge in [-0.25, -0.2) is 0 Å². The molecular weight excluding hydrogens is 298 g/mol. The van der Waals surface area contributed by atoms with Crippen molar-refractivity contribution < 1.29 is 13.6 Å². The molecule has 22 heavy (non-hydrogen) atoms. The van der Waals surface area contributed by atoms with Crippen molar-refractivity contribution in [2.75, 3.05) is 0 Å². The van der Waals surface area contributed by atoms with Crippen molar-refractivity contribution in [3.63, 3.8) is 0 Å². The Morgan fingerprint density at radius 3 is 2.86 bits per heavy atom. The van der Waals surface area contributed by atoms with Crippen LogP contribution in [0, 0.1) is 0 Å². The summed E-state index contributed by atoms with van der Waals surface area (Å²) >= 11 is 1.62. The molecule has 0 N–H and O–H groups in total. The van der Waals surface area contributed by atoms with Crippen molar-refractivity contribution in [3.05, 3.63) is 76.8 Å². The van der Waals surface area contributed by atoms with Gasteiger partial charge in [0.05, 0.1) is 25.3 Å². The highest BCUT2D eigenvalue weighted by atomic mass is 32.1. The number of hydrogen-bond acceptors (Lipinski definition) is 4. The van der Waals surface area contributed by atoms with E-state index in [1.165, 1.54) is 0 Å². The van der Waals surface area contributed by atoms with E-state index in [-0.39, 0.29) is 5.91 Å². The first-order valence-corrected chi connectivity index (χ1v) is 7.78. The van der Waals surface area contributed by atoms with Crippen LogP contribution in [0.3, 0.4) is 0 Å². The maximum atomic E-state index is 12.5. The standard InChI is InChI=1S/C17H15NO3S/c19-17(4-3-14-5-8-20-12-14)18(10-15-6-9-22-13-15)11-16-2-1-7-21-16/h1-9,12-13H,10-11H2/b4-3+. The number of carbonyl (C=O) groups is 1. The van der Waals surface area contributed by atoms with Gasteiger partial charge in [0, 0.05) is 18.2 Å². The summed E-state index contributed by atoms with van der Waals surface area (Å²) in [5.41, 5.74) is 1.98. The number of carbonyl (C=O) groups excluding carboxylic acids is 1. The molecule has 0 saturated carbocycles. The van der Waals surface area contributed by atoms with Crippen molar-refractivity contribution in [2.24, 2.45) is 0 Å². The zero-order chi connectivity index (χ0) is 15.2. The van der Waals surface area contributed by atoms with Gasteiger partial charge >= 0.3 is 0 Å². The second-order valence-corrected chi connectivity index (χ2v) is 5.58. The van der Waals surface area contributed by atoms with Gasteiger partial charge in [-0.3, -0.25) is 4.79 Å². The lowest BCUT2D eigenvalue weighted by Crippen LogP contribution is -2.28. The van der Waals surface area contributed by atoms with Crippen molar-refractivity contribution in [1.29, 1.82) is 0 Å². The Labute approximate surface area is 132 Å². The van der Waals surface area contributed by atoms with Crippen LogP contribution in [0.2, 0.25) is 0 Å². The average Bonchev–Trinajstić information content (AvgIpc) is 3.27. The van der Waals surface area contributed by atoms with Crippen LogP contribution in [-0.2, 0) is 17.9 Å². The SMILES string of the molecule is O=C(/C=C/c1ccoc1)N(Cc1ccsc1)Cc1ccco1. The van der Waals surface area contributed by atoms with E-state index in [4.69, 9.17) is 8.83 Å². The minimum atomic E-state index is -0.0659. The third kappa shape index (κ3) is 3.77. The van der Waals surface area contributed by atoms with Gasteiger partial charge in [-0.15, -0.1) is 0 Å². The number of hydrogen-bond donors (Lipinski definition) is 0. The summed E-state index contributed by atoms with van der Waals surface area (Å²) in [4.78, 5) is 14.2. The van der Waals surface area contributed by atoms with Crippen molar-refractivity contribution in [1.82, 2.24) is 4.90 Å². The Kier molecular flexibility index (Phi) is 4.56. The van der Waals surface area contributed by atoms with Gasteiger partial charge in [-0.05, 0) is 46.7 Å². The summed E-state index contributed by atoms with van der Waals surface area (Å²) in [6, 6.07) is 7.52. The van der Waals surface area contributed by atoms with Crippen LogP contribution < -0.4 is 0 Å². The Balaban J connectivity index is 1.73. The molecule has 0 saturated heterocycles. The number of nitrogens with zero attached hydrogens (tertiary/aromatic N) is 1. The summed E-state index contributed by atoms with van der Waals surface area (Å²) in [6.07, 6.45) is 8.09. The monoisotopic (exact) mass is 313 g/mol. The zero-order valence-corrected chi connectivity index (χ0v) is 12.7. The van der Waals surface area contributed by atoms with E-state index in [0.717, 1.165) is 16.9 Å². The van der Waals surface area contributed by atoms with Crippen LogP contribution >= 0.6 is 11.3 Å². The Morgan fingerprint density at radius 2 is 2.18 bits per heavy atom. The first-order valence-electron chi connectivity index (χ1n) is 6.84. The lowest BCUT2D eigenvalue weighted by Gasteiger charge is -2.19. The molecule has 0 unspecified atom stereocenters. The van der Waals surface area contributed by atoms with Crippen LogP contribution in [0.15, 0.2) is 68.7 Å². The van der Waals surface area contributed by atoms with Crippen molar-refractivity contribution in [2.45, 2.75) is 13.1 Å². The van der Waals surface area contributed by atoms with Gasteiger partial charge in [0.15, 0.2) is 0 Å². The predicted molar refractivity (Wildman–Crippen MR) is 85.0 cm³/mol. The predicted octanol–water partition coefficient (Wildman–Crippen LogP) is 4.18. The van der Waals surface area contributed by atoms with Gasteiger partial charge in [0.25, 0.3) is 0 Å². The molecule has 3 aromatic heterocycles. The van der Waals surface area contributed by atoms with E-state index in [9.17, 15) is 4.79 Å². The second kappa shape index (κ2) is 6.95. The summed E-state index contributed by atoms with van der Waals surface area (Å²) in [6.45, 7) is 0.996. The van der Waals surface area contributed by atoms with Crippen LogP contribution in [0.1, 0.15) is 16.9 Å². The van der Waals surface area contributed by atoms with E-state index in [2.05, 4.69) is 0 Å². The van der Waals surface area contributed by atoms with Crippen molar-refractivity contribution in [3.8, 4) is 0 Å². The molecule has 5 heteroatoms. The van der Waals surface area contributed by atoms with E-state index in [1.807, 2.05) is 29.0 Å². The third-order valence-electron chi connectivity index (χ3n) is 3.15. The molecule has 3 heterocycles. The molecule has 1 amide bonds. The summed E-state index contributed by atoms with van der Waals surface area (Å²) in [5, 5.41) is 4.05. The van der Waals surface area contributed by atoms with E-state index in [1.54, 1.807) is 53.2 Å². The molecule has 4 nitrogen and oxygen atoms in total. The van der Waals surface area contributed by atoms with E-state index < -0.39 is 0 Å². The average molecular weight is 313 g/mol. The maximum Gasteiger partial charge on any atom is 0.247 e. The van der Waals surface area contributed by atoms with Gasteiger partial charge < -0.3 is 13.7 Å². The van der Waals surface area contributed by atoms with Gasteiger partial charge in [-0.1, -0.05) is 0 Å². The maximum absolute atomic E-state index is 12.5. The molecule has 0 aliphatic carbocycles. The van der Waals surface area contributed by atoms with Gasteiger partial charge in [0.2, 0.25) is 5.91 Å². The topological polar surface area (TPSA) is 46.6 Å². The first kappa shape index (κ1) is 14.4. The zero-order valence-electron chi connectivity index (χ0n) is 11.8. The second-order valence-electron chi connectivity index (χ2n) is 4.80. The number of thiophene rings is 1. The van der Waals surface area contributed by atoms with E-state index in [0.29, 0.717) is 13.1 Å². The minimum Gasteiger partial charge on any atom is -0.472 e. The minimum absolute atomic E-state index is 0.0659. The van der Waals surface area contributed by atoms with Crippen LogP contribution in [0.25, 0.3) is 6.08 Å². The quantitative estimate of drug-likeness (QED) is 0.641. The van der Waals surface area contributed by atoms with Crippen LogP contribution in [0.5, 0.6) is 0 Å². The fraction of sp³-hybridized carbons (Fsp3) is 0.118. The molecule has 3 rings (SSSR count). The van der Waals surface area contributed by atoms with Gasteiger partial charge in [0.1, 0.15) is 5.76 Å². The van der Waals surface area contributed by atoms with E-state index >= 15 is 0 Å². The summed E-state index contributed by atoms with van der Waals surface area (Å²) in [7, 11) is 0. The normalized spacial score (nSPS) is 11.1. The van der Waals surface area contributed by atoms with Crippen LogP contribution in [-0.4, -0.2) is 10.8 Å². The molecule has 0 aliphatic heterocycles. The molecule has 0 spiro atoms. The highest BCUT2D eigenvalue weighted by Crippen LogP contribution is 2.14. The third-order valence-corrected chi connectivity index (χ3v) is 3.89. The molecule has 0 bridgehead atoms. The molecule has 0 aromatic carbocycles. The highest BCUT2D eigenvalue weighted by Gasteiger charge is 2.14. The molecule has 0 atom stereocenters. The first-order chi connectivity index (χ1) is 10.8. The fourth-order valence-corrected chi connectivity index (χ4v) is 2.71. The Bertz CT molecular complexity index is 676. The lowest BCUT2D eigenvalue weighted by atomic mass is 10.2. The molecular formula is C17H15NO3S. The number of furan rings is 2. The Morgan fingerprint density at radius 1 is 1.23 bits per heavy atom. The molecule has 112 valence electrons. The van der Waals surface area contributed by atoms with Crippen LogP contribution in [0.4, 0.5) is 0 Å². The summed E-state index contributed by atoms with van der Waals surface area (Å²) in [5.74, 6) is 0.698. The summed E-state index contributed by atoms with van der Waals surface area (Å²) < 4.78 is 10.3. The number of amides is 1. The van der Waals surface area contributed by atoms with Gasteiger partial charge in [-0.2, -0.15) is 11.3 Å². The smallest absolute Gasteiger partial charge is 0.247 e. The molecule has 3 aromatic rings. The lowest BCUT2D eigenvalue weighted by molar-refractivity contribution is -0.127. The molecule has 0 radical (unpaired) electrons.